The van der Waals surface area contributed by atoms with Crippen LogP contribution in [-0.4, -0.2) is 30.6 Å². The Morgan fingerprint density at radius 2 is 2.00 bits per heavy atom. The number of hydrogen-bond donors (Lipinski definition) is 1. The predicted octanol–water partition coefficient (Wildman–Crippen LogP) is 3.46. The van der Waals surface area contributed by atoms with Crippen LogP contribution in [0.3, 0.4) is 0 Å². The average molecular weight is 260 g/mol. The highest BCUT2D eigenvalue weighted by molar-refractivity contribution is 5.20. The summed E-state index contributed by atoms with van der Waals surface area (Å²) in [6.07, 6.45) is 2.66. The molecule has 19 heavy (non-hydrogen) atoms. The number of hydrogen-bond acceptors (Lipinski definition) is 2. The molecule has 0 amide bonds. The van der Waals surface area contributed by atoms with Crippen LogP contribution in [0.4, 0.5) is 0 Å². The summed E-state index contributed by atoms with van der Waals surface area (Å²) in [5.74, 6) is 0.877. The van der Waals surface area contributed by atoms with E-state index in [9.17, 15) is 0 Å². The van der Waals surface area contributed by atoms with Crippen LogP contribution in [0, 0.1) is 5.92 Å². The molecule has 1 aliphatic heterocycles. The maximum Gasteiger partial charge on any atom is 0.0475 e. The minimum atomic E-state index is 0.517. The zero-order valence-electron chi connectivity index (χ0n) is 12.6. The van der Waals surface area contributed by atoms with E-state index in [1.165, 1.54) is 24.9 Å². The van der Waals surface area contributed by atoms with E-state index >= 15 is 0 Å². The first kappa shape index (κ1) is 14.5. The van der Waals surface area contributed by atoms with E-state index in [1.54, 1.807) is 0 Å². The molecule has 0 bridgehead atoms. The van der Waals surface area contributed by atoms with Crippen molar-refractivity contribution in [2.24, 2.45) is 5.92 Å². The van der Waals surface area contributed by atoms with Gasteiger partial charge >= 0.3 is 0 Å². The van der Waals surface area contributed by atoms with Gasteiger partial charge < -0.3 is 5.32 Å². The van der Waals surface area contributed by atoms with Gasteiger partial charge in [-0.05, 0) is 44.3 Å². The van der Waals surface area contributed by atoms with Crippen LogP contribution in [0.5, 0.6) is 0 Å². The van der Waals surface area contributed by atoms with Crippen molar-refractivity contribution in [2.75, 3.05) is 19.6 Å². The summed E-state index contributed by atoms with van der Waals surface area (Å²) in [7, 11) is 0. The number of likely N-dealkylation sites (tertiary alicyclic amines) is 1. The number of nitrogens with one attached hydrogen (secondary N) is 1. The molecule has 106 valence electrons. The van der Waals surface area contributed by atoms with E-state index in [2.05, 4.69) is 61.3 Å². The van der Waals surface area contributed by atoms with Gasteiger partial charge in [0.05, 0.1) is 0 Å². The summed E-state index contributed by atoms with van der Waals surface area (Å²) < 4.78 is 0. The zero-order valence-corrected chi connectivity index (χ0v) is 12.6. The smallest absolute Gasteiger partial charge is 0.0475 e. The van der Waals surface area contributed by atoms with Gasteiger partial charge in [-0.3, -0.25) is 4.90 Å². The first-order chi connectivity index (χ1) is 9.22. The second kappa shape index (κ2) is 7.06. The van der Waals surface area contributed by atoms with Gasteiger partial charge in [-0.15, -0.1) is 0 Å². The van der Waals surface area contributed by atoms with E-state index in [-0.39, 0.29) is 0 Å². The number of rotatable bonds is 5. The molecule has 1 N–H and O–H groups in total. The van der Waals surface area contributed by atoms with Crippen molar-refractivity contribution in [3.8, 4) is 0 Å². The predicted molar refractivity (Wildman–Crippen MR) is 82.3 cm³/mol. The van der Waals surface area contributed by atoms with Gasteiger partial charge in [0.15, 0.2) is 0 Å². The van der Waals surface area contributed by atoms with Crippen molar-refractivity contribution in [3.63, 3.8) is 0 Å². The highest BCUT2D eigenvalue weighted by Crippen LogP contribution is 2.30. The van der Waals surface area contributed by atoms with Crippen LogP contribution in [0.15, 0.2) is 30.3 Å². The molecule has 2 heteroatoms. The molecule has 3 atom stereocenters. The molecule has 1 saturated heterocycles. The third kappa shape index (κ3) is 3.80. The van der Waals surface area contributed by atoms with Crippen molar-refractivity contribution < 1.29 is 0 Å². The molecular weight excluding hydrogens is 232 g/mol. The second-order valence-electron chi connectivity index (χ2n) is 5.95. The minimum Gasteiger partial charge on any atom is -0.315 e. The Bertz CT molecular complexity index is 363. The number of piperidine rings is 1. The molecule has 0 radical (unpaired) electrons. The SMILES string of the molecule is CCNCC(c1ccccc1)N1CCC(C)CC1C. The quantitative estimate of drug-likeness (QED) is 0.872. The first-order valence-corrected chi connectivity index (χ1v) is 7.73. The Labute approximate surface area is 118 Å². The summed E-state index contributed by atoms with van der Waals surface area (Å²) in [5, 5.41) is 3.53. The maximum absolute atomic E-state index is 3.53. The highest BCUT2D eigenvalue weighted by atomic mass is 15.2. The molecule has 0 spiro atoms. The van der Waals surface area contributed by atoms with Crippen molar-refractivity contribution in [3.05, 3.63) is 35.9 Å². The number of nitrogens with zero attached hydrogens (tertiary/aromatic N) is 1. The van der Waals surface area contributed by atoms with Gasteiger partial charge in [0, 0.05) is 18.6 Å². The molecule has 3 unspecified atom stereocenters. The molecule has 1 aliphatic rings. The summed E-state index contributed by atoms with van der Waals surface area (Å²) in [4.78, 5) is 2.69. The van der Waals surface area contributed by atoms with Crippen molar-refractivity contribution in [1.82, 2.24) is 10.2 Å². The van der Waals surface area contributed by atoms with Crippen molar-refractivity contribution in [1.29, 1.82) is 0 Å². The lowest BCUT2D eigenvalue weighted by Crippen LogP contribution is -2.45. The monoisotopic (exact) mass is 260 g/mol. The Morgan fingerprint density at radius 3 is 2.63 bits per heavy atom. The van der Waals surface area contributed by atoms with Crippen LogP contribution < -0.4 is 5.32 Å². The van der Waals surface area contributed by atoms with E-state index in [4.69, 9.17) is 0 Å². The Balaban J connectivity index is 2.13. The topological polar surface area (TPSA) is 15.3 Å². The summed E-state index contributed by atoms with van der Waals surface area (Å²) in [5.41, 5.74) is 1.45. The van der Waals surface area contributed by atoms with E-state index < -0.39 is 0 Å². The third-order valence-corrected chi connectivity index (χ3v) is 4.36. The van der Waals surface area contributed by atoms with E-state index in [1.807, 2.05) is 0 Å². The van der Waals surface area contributed by atoms with Gasteiger partial charge in [0.1, 0.15) is 0 Å². The highest BCUT2D eigenvalue weighted by Gasteiger charge is 2.29. The normalized spacial score (nSPS) is 26.3. The van der Waals surface area contributed by atoms with E-state index in [0.717, 1.165) is 19.0 Å². The molecule has 0 aliphatic carbocycles. The van der Waals surface area contributed by atoms with Crippen LogP contribution >= 0.6 is 0 Å². The molecule has 1 aromatic rings. The molecule has 1 aromatic carbocycles. The molecule has 1 heterocycles. The van der Waals surface area contributed by atoms with Crippen LogP contribution in [0.25, 0.3) is 0 Å². The molecule has 1 fully saturated rings. The molecule has 0 aromatic heterocycles. The van der Waals surface area contributed by atoms with Crippen LogP contribution in [0.2, 0.25) is 0 Å². The van der Waals surface area contributed by atoms with E-state index in [0.29, 0.717) is 12.1 Å². The Kier molecular flexibility index (Phi) is 5.41. The third-order valence-electron chi connectivity index (χ3n) is 4.36. The van der Waals surface area contributed by atoms with Gasteiger partial charge in [0.25, 0.3) is 0 Å². The first-order valence-electron chi connectivity index (χ1n) is 7.73. The molecular formula is C17H28N2. The van der Waals surface area contributed by atoms with Crippen molar-refractivity contribution in [2.45, 2.75) is 45.7 Å². The average Bonchev–Trinajstić information content (AvgIpc) is 2.42. The van der Waals surface area contributed by atoms with Crippen LogP contribution in [0.1, 0.15) is 45.2 Å². The fourth-order valence-corrected chi connectivity index (χ4v) is 3.27. The summed E-state index contributed by atoms with van der Waals surface area (Å²) in [6, 6.07) is 12.2. The largest absolute Gasteiger partial charge is 0.315 e. The van der Waals surface area contributed by atoms with Crippen molar-refractivity contribution >= 4 is 0 Å². The van der Waals surface area contributed by atoms with Gasteiger partial charge in [-0.1, -0.05) is 44.2 Å². The molecule has 2 rings (SSSR count). The van der Waals surface area contributed by atoms with Gasteiger partial charge in [-0.2, -0.15) is 0 Å². The minimum absolute atomic E-state index is 0.517. The summed E-state index contributed by atoms with van der Waals surface area (Å²) >= 11 is 0. The Hall–Kier alpha value is -0.860. The lowest BCUT2D eigenvalue weighted by atomic mass is 9.90. The fraction of sp³-hybridized carbons (Fsp3) is 0.647. The lowest BCUT2D eigenvalue weighted by molar-refractivity contribution is 0.0808. The van der Waals surface area contributed by atoms with Crippen LogP contribution in [-0.2, 0) is 0 Å². The fourth-order valence-electron chi connectivity index (χ4n) is 3.27. The zero-order chi connectivity index (χ0) is 13.7. The van der Waals surface area contributed by atoms with Gasteiger partial charge in [0.2, 0.25) is 0 Å². The van der Waals surface area contributed by atoms with Gasteiger partial charge in [-0.25, -0.2) is 0 Å². The lowest BCUT2D eigenvalue weighted by Gasteiger charge is -2.42. The number of likely N-dealkylation sites (N-methyl/N-ethyl adjacent to an activating group) is 1. The standard InChI is InChI=1S/C17H28N2/c1-4-18-13-17(16-8-6-5-7-9-16)19-11-10-14(2)12-15(19)3/h5-9,14-15,17-18H,4,10-13H2,1-3H3. The number of benzene rings is 1. The maximum atomic E-state index is 3.53. The molecule has 0 saturated carbocycles. The second-order valence-corrected chi connectivity index (χ2v) is 5.95. The molecule has 2 nitrogen and oxygen atoms in total. The summed E-state index contributed by atoms with van der Waals surface area (Å²) in [6.45, 7) is 10.3. The Morgan fingerprint density at radius 1 is 1.26 bits per heavy atom.